The van der Waals surface area contributed by atoms with Crippen molar-refractivity contribution in [1.82, 2.24) is 9.88 Å². The number of carbonyl (C=O) groups excluding carboxylic acids is 1. The minimum absolute atomic E-state index is 0.0884. The fourth-order valence-electron chi connectivity index (χ4n) is 3.36. The van der Waals surface area contributed by atoms with Gasteiger partial charge in [-0.15, -0.1) is 0 Å². The second kappa shape index (κ2) is 10.4. The van der Waals surface area contributed by atoms with Crippen molar-refractivity contribution in [3.05, 3.63) is 89.2 Å². The topological polar surface area (TPSA) is 79.7 Å². The van der Waals surface area contributed by atoms with E-state index in [4.69, 9.17) is 9.84 Å². The van der Waals surface area contributed by atoms with Crippen LogP contribution in [0.4, 0.5) is 4.79 Å². The van der Waals surface area contributed by atoms with Crippen LogP contribution in [0.25, 0.3) is 11.1 Å². The molecule has 0 saturated carbocycles. The van der Waals surface area contributed by atoms with Crippen molar-refractivity contribution < 1.29 is 19.4 Å². The maximum Gasteiger partial charge on any atom is 0.410 e. The fraction of sp³-hybridized carbons (Fsp3) is 0.240. The van der Waals surface area contributed by atoms with Crippen molar-refractivity contribution in [2.75, 3.05) is 6.54 Å². The molecular formula is C25H26N2O4. The van der Waals surface area contributed by atoms with Gasteiger partial charge < -0.3 is 14.7 Å². The van der Waals surface area contributed by atoms with Crippen LogP contribution in [0.15, 0.2) is 67.0 Å². The molecule has 0 aliphatic heterocycles. The Kier molecular flexibility index (Phi) is 7.38. The van der Waals surface area contributed by atoms with Crippen LogP contribution in [0.5, 0.6) is 0 Å². The van der Waals surface area contributed by atoms with Crippen molar-refractivity contribution >= 4 is 12.1 Å². The molecule has 0 fully saturated rings. The second-order valence-corrected chi connectivity index (χ2v) is 7.37. The lowest BCUT2D eigenvalue weighted by atomic mass is 9.97. The zero-order valence-electron chi connectivity index (χ0n) is 17.7. The van der Waals surface area contributed by atoms with Gasteiger partial charge in [0.1, 0.15) is 6.61 Å². The number of nitrogens with zero attached hydrogens (tertiary/aromatic N) is 2. The Labute approximate surface area is 182 Å². The molecule has 1 aromatic heterocycles. The molecule has 0 radical (unpaired) electrons. The van der Waals surface area contributed by atoms with Gasteiger partial charge in [0.05, 0.1) is 6.42 Å². The van der Waals surface area contributed by atoms with E-state index >= 15 is 0 Å². The number of ether oxygens (including phenoxy) is 1. The number of aliphatic carboxylic acids is 1. The molecule has 3 aromatic rings. The largest absolute Gasteiger partial charge is 0.481 e. The zero-order valence-corrected chi connectivity index (χ0v) is 17.7. The average molecular weight is 418 g/mol. The van der Waals surface area contributed by atoms with Gasteiger partial charge in [-0.05, 0) is 42.2 Å². The third-order valence-corrected chi connectivity index (χ3v) is 4.93. The van der Waals surface area contributed by atoms with Crippen molar-refractivity contribution in [2.45, 2.75) is 33.4 Å². The molecule has 0 aliphatic rings. The number of amides is 1. The van der Waals surface area contributed by atoms with Crippen LogP contribution in [-0.2, 0) is 29.1 Å². The Bertz CT molecular complexity index is 1050. The third-order valence-electron chi connectivity index (χ3n) is 4.93. The van der Waals surface area contributed by atoms with Crippen LogP contribution in [0.1, 0.15) is 29.2 Å². The highest BCUT2D eigenvalue weighted by Gasteiger charge is 2.17. The predicted molar refractivity (Wildman–Crippen MR) is 118 cm³/mol. The number of carboxylic acid groups (broad SMARTS) is 1. The van der Waals surface area contributed by atoms with Gasteiger partial charge in [0, 0.05) is 31.0 Å². The van der Waals surface area contributed by atoms with Crippen LogP contribution in [0.3, 0.4) is 0 Å². The summed E-state index contributed by atoms with van der Waals surface area (Å²) in [6.45, 7) is 5.01. The summed E-state index contributed by atoms with van der Waals surface area (Å²) in [7, 11) is 0. The molecule has 31 heavy (non-hydrogen) atoms. The number of rotatable bonds is 8. The van der Waals surface area contributed by atoms with Gasteiger partial charge in [-0.1, -0.05) is 54.1 Å². The first-order valence-corrected chi connectivity index (χ1v) is 10.2. The van der Waals surface area contributed by atoms with Crippen molar-refractivity contribution in [1.29, 1.82) is 0 Å². The number of aryl methyl sites for hydroxylation is 1. The lowest BCUT2D eigenvalue weighted by Crippen LogP contribution is -2.31. The number of aromatic nitrogens is 1. The number of benzene rings is 2. The predicted octanol–water partition coefficient (Wildman–Crippen LogP) is 4.84. The number of carbonyl (C=O) groups is 2. The minimum Gasteiger partial charge on any atom is -0.481 e. The SMILES string of the molecule is CCN(Cc1cc(C)ccc1-c1cncc(CC(=O)O)c1)C(=O)OCc1ccccc1. The molecule has 1 amide bonds. The third kappa shape index (κ3) is 6.15. The highest BCUT2D eigenvalue weighted by molar-refractivity contribution is 5.73. The Morgan fingerprint density at radius 1 is 1.03 bits per heavy atom. The first-order valence-electron chi connectivity index (χ1n) is 10.2. The van der Waals surface area contributed by atoms with E-state index in [1.165, 1.54) is 0 Å². The maximum atomic E-state index is 12.7. The van der Waals surface area contributed by atoms with E-state index in [0.717, 1.165) is 27.8 Å². The van der Waals surface area contributed by atoms with Gasteiger partial charge >= 0.3 is 12.1 Å². The van der Waals surface area contributed by atoms with Gasteiger partial charge in [-0.3, -0.25) is 9.78 Å². The molecule has 3 rings (SSSR count). The van der Waals surface area contributed by atoms with Crippen LogP contribution < -0.4 is 0 Å². The lowest BCUT2D eigenvalue weighted by molar-refractivity contribution is -0.136. The zero-order chi connectivity index (χ0) is 22.2. The normalized spacial score (nSPS) is 10.5. The van der Waals surface area contributed by atoms with E-state index in [2.05, 4.69) is 4.98 Å². The summed E-state index contributed by atoms with van der Waals surface area (Å²) in [5.41, 5.74) is 5.33. The molecule has 0 bridgehead atoms. The van der Waals surface area contributed by atoms with Crippen LogP contribution in [0, 0.1) is 6.92 Å². The molecule has 0 saturated heterocycles. The van der Waals surface area contributed by atoms with Crippen molar-refractivity contribution in [2.24, 2.45) is 0 Å². The molecule has 0 atom stereocenters. The molecule has 0 aliphatic carbocycles. The Hall–Kier alpha value is -3.67. The van der Waals surface area contributed by atoms with E-state index in [1.54, 1.807) is 17.3 Å². The number of pyridine rings is 1. The fourth-order valence-corrected chi connectivity index (χ4v) is 3.36. The van der Waals surface area contributed by atoms with E-state index < -0.39 is 5.97 Å². The highest BCUT2D eigenvalue weighted by atomic mass is 16.6. The quantitative estimate of drug-likeness (QED) is 0.566. The minimum atomic E-state index is -0.901. The molecular weight excluding hydrogens is 392 g/mol. The van der Waals surface area contributed by atoms with Crippen molar-refractivity contribution in [3.8, 4) is 11.1 Å². The molecule has 160 valence electrons. The highest BCUT2D eigenvalue weighted by Crippen LogP contribution is 2.26. The van der Waals surface area contributed by atoms with Gasteiger partial charge in [0.2, 0.25) is 0 Å². The summed E-state index contributed by atoms with van der Waals surface area (Å²) in [4.78, 5) is 29.6. The first kappa shape index (κ1) is 22.0. The van der Waals surface area contributed by atoms with Crippen LogP contribution >= 0.6 is 0 Å². The molecule has 1 heterocycles. The molecule has 6 nitrogen and oxygen atoms in total. The van der Waals surface area contributed by atoms with Gasteiger partial charge in [-0.2, -0.15) is 0 Å². The summed E-state index contributed by atoms with van der Waals surface area (Å²) < 4.78 is 5.50. The molecule has 2 aromatic carbocycles. The summed E-state index contributed by atoms with van der Waals surface area (Å²) >= 11 is 0. The lowest BCUT2D eigenvalue weighted by Gasteiger charge is -2.22. The smallest absolute Gasteiger partial charge is 0.410 e. The van der Waals surface area contributed by atoms with Crippen LogP contribution in [0.2, 0.25) is 0 Å². The summed E-state index contributed by atoms with van der Waals surface area (Å²) in [5.74, 6) is -0.901. The van der Waals surface area contributed by atoms with E-state index in [1.807, 2.05) is 68.4 Å². The van der Waals surface area contributed by atoms with Crippen LogP contribution in [-0.4, -0.2) is 33.6 Å². The Balaban J connectivity index is 1.80. The molecule has 0 unspecified atom stereocenters. The second-order valence-electron chi connectivity index (χ2n) is 7.37. The number of hydrogen-bond donors (Lipinski definition) is 1. The molecule has 6 heteroatoms. The van der Waals surface area contributed by atoms with Gasteiger partial charge in [-0.25, -0.2) is 4.79 Å². The number of hydrogen-bond acceptors (Lipinski definition) is 4. The summed E-state index contributed by atoms with van der Waals surface area (Å²) in [6.07, 6.45) is 2.81. The summed E-state index contributed by atoms with van der Waals surface area (Å²) in [6, 6.07) is 17.4. The van der Waals surface area contributed by atoms with E-state index in [9.17, 15) is 9.59 Å². The Morgan fingerprint density at radius 3 is 2.52 bits per heavy atom. The standard InChI is InChI=1S/C25H26N2O4/c1-3-27(25(30)31-17-19-7-5-4-6-8-19)16-22-11-18(2)9-10-23(22)21-12-20(13-24(28)29)14-26-15-21/h4-12,14-15H,3,13,16-17H2,1-2H3,(H,28,29). The number of carboxylic acids is 1. The van der Waals surface area contributed by atoms with E-state index in [-0.39, 0.29) is 19.1 Å². The average Bonchev–Trinajstić information content (AvgIpc) is 2.76. The monoisotopic (exact) mass is 418 g/mol. The summed E-state index contributed by atoms with van der Waals surface area (Å²) in [5, 5.41) is 9.08. The van der Waals surface area contributed by atoms with Gasteiger partial charge in [0.15, 0.2) is 0 Å². The maximum absolute atomic E-state index is 12.7. The van der Waals surface area contributed by atoms with Gasteiger partial charge in [0.25, 0.3) is 0 Å². The van der Waals surface area contributed by atoms with E-state index in [0.29, 0.717) is 18.7 Å². The molecule has 1 N–H and O–H groups in total. The van der Waals surface area contributed by atoms with Crippen molar-refractivity contribution in [3.63, 3.8) is 0 Å². The Morgan fingerprint density at radius 2 is 1.81 bits per heavy atom. The molecule has 0 spiro atoms. The first-order chi connectivity index (χ1) is 15.0.